The molecule has 0 spiro atoms. The number of aliphatic hydroxyl groups excluding tert-OH is 3. The number of aromatic nitrogens is 4. The van der Waals surface area contributed by atoms with Gasteiger partial charge in [-0.05, 0) is 47.6 Å². The highest BCUT2D eigenvalue weighted by Gasteiger charge is 2.47. The van der Waals surface area contributed by atoms with Crippen LogP contribution in [-0.2, 0) is 41.3 Å². The number of hydrogen-bond donors (Lipinski definition) is 7. The van der Waals surface area contributed by atoms with E-state index in [4.69, 9.17) is 24.4 Å². The van der Waals surface area contributed by atoms with Crippen molar-refractivity contribution < 1.29 is 75.2 Å². The van der Waals surface area contributed by atoms with E-state index in [1.807, 2.05) is 9.97 Å². The maximum absolute atomic E-state index is 14.1. The number of H-pyrrole nitrogens is 2. The SMILES string of the molecule is COP(=O)(OC)OC.Cc1cn([C@H]2O[C@@H](CO)C(O)[C@H]2F)c(=O)[nH]c1=O.Cc1cn([C@H]2O[C@@H](COP(=O)(O)O)C(O)[C@H]2F)c(=O)[nH]c1=O.O=P(Cl)(Cl)Cl. The number of nitrogens with one attached hydrogen (secondary N) is 2. The van der Waals surface area contributed by atoms with Gasteiger partial charge in [-0.3, -0.25) is 51.4 Å². The van der Waals surface area contributed by atoms with Gasteiger partial charge in [0.05, 0.1) is 13.2 Å². The number of hydrogen-bond acceptors (Lipinski definition) is 16. The molecule has 7 N–H and O–H groups in total. The molecule has 8 atom stereocenters. The Labute approximate surface area is 311 Å². The lowest BCUT2D eigenvalue weighted by molar-refractivity contribution is -0.0492. The van der Waals surface area contributed by atoms with E-state index in [0.29, 0.717) is 0 Å². The lowest BCUT2D eigenvalue weighted by Gasteiger charge is -2.16. The average Bonchev–Trinajstić information content (AvgIpc) is 3.51. The summed E-state index contributed by atoms with van der Waals surface area (Å²) < 4.78 is 87.6. The van der Waals surface area contributed by atoms with Crippen molar-refractivity contribution in [2.75, 3.05) is 34.5 Å². The first-order valence-corrected chi connectivity index (χ1v) is 21.5. The first kappa shape index (κ1) is 49.4. The highest BCUT2D eigenvalue weighted by Crippen LogP contribution is 2.61. The molecule has 306 valence electrons. The summed E-state index contributed by atoms with van der Waals surface area (Å²) in [6.45, 7) is 1.52. The molecule has 2 aromatic heterocycles. The zero-order chi connectivity index (χ0) is 41.2. The molecule has 0 radical (unpaired) electrons. The largest absolute Gasteiger partial charge is 0.473 e. The molecule has 30 heteroatoms. The summed E-state index contributed by atoms with van der Waals surface area (Å²) >= 11 is 13.8. The standard InChI is InChI=1S/C10H14FN2O8P.C10H13FN2O5.C3H9O4P.Cl3OP/c1-4-2-13(10(16)12-8(4)15)9-6(11)7(14)5(21-9)3-20-22(17,18)19;1-4-2-13(10(17)12-8(4)16)9-6(11)7(15)5(3-14)18-9;1-5-8(4,6-2)7-3;1-5(2,3)4/h2,5-7,9,14H,3H2,1H3,(H,12,15,16)(H2,17,18,19);2,5-7,9,14-15H,3H2,1H3,(H,12,16,17);1-3H3;/t2*5-,6+,7?,9-;;/m00../s1. The second-order valence-electron chi connectivity index (χ2n) is 10.3. The number of aryl methyl sites for hydroxylation is 2. The summed E-state index contributed by atoms with van der Waals surface area (Å²) in [7, 11) is -4.20. The van der Waals surface area contributed by atoms with Crippen LogP contribution in [0.15, 0.2) is 31.6 Å². The maximum atomic E-state index is 14.1. The molecular formula is C23H36Cl3F2N4O18P3. The van der Waals surface area contributed by atoms with Gasteiger partial charge in [0.15, 0.2) is 24.8 Å². The van der Waals surface area contributed by atoms with Gasteiger partial charge >= 0.3 is 32.2 Å². The number of alkyl halides is 2. The molecule has 2 aliphatic rings. The fraction of sp³-hybridized carbons (Fsp3) is 0.652. The highest BCUT2D eigenvalue weighted by molar-refractivity contribution is 8.24. The van der Waals surface area contributed by atoms with E-state index in [2.05, 4.69) is 51.8 Å². The van der Waals surface area contributed by atoms with Crippen LogP contribution in [0.25, 0.3) is 0 Å². The number of aromatic amines is 2. The first-order chi connectivity index (χ1) is 24.2. The predicted octanol–water partition coefficient (Wildman–Crippen LogP) is 0.829. The van der Waals surface area contributed by atoms with E-state index in [9.17, 15) is 51.9 Å². The van der Waals surface area contributed by atoms with E-state index in [0.717, 1.165) is 21.5 Å². The molecule has 2 fully saturated rings. The smallest absolute Gasteiger partial charge is 0.394 e. The Morgan fingerprint density at radius 2 is 1.11 bits per heavy atom. The summed E-state index contributed by atoms with van der Waals surface area (Å²) in [5.74, 6) is 0. The van der Waals surface area contributed by atoms with E-state index in [-0.39, 0.29) is 11.1 Å². The minimum absolute atomic E-state index is 0.125. The normalized spacial score (nSPS) is 25.7. The molecule has 0 amide bonds. The van der Waals surface area contributed by atoms with Gasteiger partial charge in [-0.15, -0.1) is 0 Å². The Bertz CT molecular complexity index is 1860. The van der Waals surface area contributed by atoms with Gasteiger partial charge < -0.3 is 34.6 Å². The van der Waals surface area contributed by atoms with Crippen molar-refractivity contribution in [3.05, 3.63) is 65.2 Å². The molecule has 4 heterocycles. The fourth-order valence-electron chi connectivity index (χ4n) is 4.09. The number of aliphatic hydroxyl groups is 3. The average molecular weight is 894 g/mol. The van der Waals surface area contributed by atoms with E-state index in [1.54, 1.807) is 0 Å². The Hall–Kier alpha value is -1.66. The summed E-state index contributed by atoms with van der Waals surface area (Å²) in [5, 5.41) is 24.8. The molecule has 0 aliphatic carbocycles. The minimum atomic E-state index is -4.81. The third-order valence-corrected chi connectivity index (χ3v) is 8.51. The van der Waals surface area contributed by atoms with E-state index in [1.165, 1.54) is 35.2 Å². The second-order valence-corrected chi connectivity index (χ2v) is 20.2. The number of phosphoric acid groups is 2. The van der Waals surface area contributed by atoms with Crippen LogP contribution in [0, 0.1) is 13.8 Å². The lowest BCUT2D eigenvalue weighted by atomic mass is 10.1. The predicted molar refractivity (Wildman–Crippen MR) is 181 cm³/mol. The van der Waals surface area contributed by atoms with Crippen molar-refractivity contribution in [3.63, 3.8) is 0 Å². The van der Waals surface area contributed by atoms with Crippen molar-refractivity contribution in [1.82, 2.24) is 19.1 Å². The summed E-state index contributed by atoms with van der Waals surface area (Å²) in [6.07, 6.45) is -10.3. The molecule has 2 unspecified atom stereocenters. The van der Waals surface area contributed by atoms with Gasteiger partial charge in [-0.2, -0.15) is 0 Å². The summed E-state index contributed by atoms with van der Waals surface area (Å²) in [5.41, 5.74) is -2.64. The van der Waals surface area contributed by atoms with Crippen molar-refractivity contribution in [3.8, 4) is 0 Å². The molecule has 53 heavy (non-hydrogen) atoms. The Kier molecular flexibility index (Phi) is 19.6. The third kappa shape index (κ3) is 15.4. The van der Waals surface area contributed by atoms with Crippen molar-refractivity contribution in [1.29, 1.82) is 0 Å². The van der Waals surface area contributed by atoms with Gasteiger partial charge in [-0.25, -0.2) is 27.5 Å². The zero-order valence-electron chi connectivity index (χ0n) is 27.9. The van der Waals surface area contributed by atoms with Crippen LogP contribution in [0.2, 0.25) is 0 Å². The van der Waals surface area contributed by atoms with Gasteiger partial charge in [0.1, 0.15) is 24.4 Å². The molecule has 2 aromatic rings. The Morgan fingerprint density at radius 3 is 1.40 bits per heavy atom. The van der Waals surface area contributed by atoms with Crippen LogP contribution in [0.4, 0.5) is 8.78 Å². The van der Waals surface area contributed by atoms with Crippen molar-refractivity contribution in [2.24, 2.45) is 0 Å². The molecule has 0 saturated carbocycles. The zero-order valence-corrected chi connectivity index (χ0v) is 32.8. The second kappa shape index (κ2) is 21.0. The van der Waals surface area contributed by atoms with Crippen LogP contribution in [0.5, 0.6) is 0 Å². The van der Waals surface area contributed by atoms with Crippen LogP contribution < -0.4 is 22.5 Å². The third-order valence-electron chi connectivity index (χ3n) is 6.69. The topological polar surface area (TPSA) is 317 Å². The molecule has 22 nitrogen and oxygen atoms in total. The first-order valence-electron chi connectivity index (χ1n) is 14.1. The number of halogens is 5. The maximum Gasteiger partial charge on any atom is 0.473 e. The quantitative estimate of drug-likeness (QED) is 0.171. The molecule has 0 bridgehead atoms. The molecule has 4 rings (SSSR count). The molecule has 0 aromatic carbocycles. The van der Waals surface area contributed by atoms with Crippen LogP contribution >= 0.6 is 54.6 Å². The van der Waals surface area contributed by atoms with Crippen LogP contribution in [-0.4, -0.2) is 116 Å². The van der Waals surface area contributed by atoms with Gasteiger partial charge in [0, 0.05) is 44.8 Å². The van der Waals surface area contributed by atoms with Gasteiger partial charge in [-0.1, -0.05) is 0 Å². The summed E-state index contributed by atoms with van der Waals surface area (Å²) in [6, 6.07) is 0. The van der Waals surface area contributed by atoms with Gasteiger partial charge in [0.25, 0.3) is 11.1 Å². The van der Waals surface area contributed by atoms with Crippen molar-refractivity contribution >= 4 is 54.6 Å². The number of phosphoric ester groups is 2. The van der Waals surface area contributed by atoms with Crippen molar-refractivity contribution in [2.45, 2.75) is 63.1 Å². The van der Waals surface area contributed by atoms with E-state index < -0.39 is 106 Å². The number of nitrogens with zero attached hydrogens (tertiary/aromatic N) is 2. The van der Waals surface area contributed by atoms with Crippen LogP contribution in [0.3, 0.4) is 0 Å². The number of rotatable bonds is 9. The lowest BCUT2D eigenvalue weighted by Crippen LogP contribution is -2.36. The highest BCUT2D eigenvalue weighted by atomic mass is 36.0. The fourth-order valence-corrected chi connectivity index (χ4v) is 4.88. The monoisotopic (exact) mass is 892 g/mol. The number of ether oxygens (including phenoxy) is 2. The molecule has 2 aliphatic heterocycles. The van der Waals surface area contributed by atoms with Crippen LogP contribution in [0.1, 0.15) is 23.6 Å². The molecular weight excluding hydrogens is 858 g/mol. The van der Waals surface area contributed by atoms with E-state index >= 15 is 0 Å². The Morgan fingerprint density at radius 1 is 0.774 bits per heavy atom. The molecule has 2 saturated heterocycles. The minimum Gasteiger partial charge on any atom is -0.394 e. The summed E-state index contributed by atoms with van der Waals surface area (Å²) in [4.78, 5) is 66.8. The Balaban J connectivity index is 0.000000404. The van der Waals surface area contributed by atoms with Gasteiger partial charge in [0.2, 0.25) is 0 Å².